The van der Waals surface area contributed by atoms with Gasteiger partial charge in [-0.15, -0.1) is 0 Å². The third-order valence-electron chi connectivity index (χ3n) is 2.01. The fraction of sp³-hybridized carbons (Fsp3) is 0.364. The zero-order valence-corrected chi connectivity index (χ0v) is 11.5. The van der Waals surface area contributed by atoms with Crippen LogP contribution in [-0.4, -0.2) is 29.6 Å². The molecular weight excluding hydrogens is 315 g/mol. The predicted molar refractivity (Wildman–Crippen MR) is 67.1 cm³/mol. The second kappa shape index (κ2) is 7.16. The molecular formula is C11H10F3NO5S. The molecule has 0 heterocycles. The molecule has 0 aromatic heterocycles. The Labute approximate surface area is 121 Å². The first-order valence-electron chi connectivity index (χ1n) is 5.55. The second-order valence-electron chi connectivity index (χ2n) is 3.53. The van der Waals surface area contributed by atoms with Gasteiger partial charge in [0.25, 0.3) is 0 Å². The highest BCUT2D eigenvalue weighted by atomic mass is 32.2. The first kappa shape index (κ1) is 17.1. The average Bonchev–Trinajstić information content (AvgIpc) is 2.35. The van der Waals surface area contributed by atoms with Crippen LogP contribution in [0.15, 0.2) is 23.1 Å². The normalized spacial score (nSPS) is 11.0. The van der Waals surface area contributed by atoms with E-state index in [0.717, 1.165) is 18.2 Å². The van der Waals surface area contributed by atoms with Gasteiger partial charge < -0.3 is 9.47 Å². The quantitative estimate of drug-likeness (QED) is 0.346. The Morgan fingerprint density at radius 2 is 2.10 bits per heavy atom. The van der Waals surface area contributed by atoms with Gasteiger partial charge >= 0.3 is 17.2 Å². The van der Waals surface area contributed by atoms with E-state index in [1.54, 1.807) is 6.92 Å². The lowest BCUT2D eigenvalue weighted by Gasteiger charge is -2.09. The number of nitro benzene ring substituents is 1. The van der Waals surface area contributed by atoms with Crippen LogP contribution in [0.5, 0.6) is 5.75 Å². The molecule has 1 aromatic rings. The number of halogens is 3. The van der Waals surface area contributed by atoms with E-state index < -0.39 is 40.5 Å². The highest BCUT2D eigenvalue weighted by Crippen LogP contribution is 2.40. The third-order valence-corrected chi connectivity index (χ3v) is 2.73. The summed E-state index contributed by atoms with van der Waals surface area (Å²) in [7, 11) is 0. The van der Waals surface area contributed by atoms with Crippen molar-refractivity contribution in [1.82, 2.24) is 0 Å². The summed E-state index contributed by atoms with van der Waals surface area (Å²) >= 11 is -0.478. The van der Waals surface area contributed by atoms with Crippen LogP contribution >= 0.6 is 11.8 Å². The Hall–Kier alpha value is -1.97. The Morgan fingerprint density at radius 3 is 2.62 bits per heavy atom. The highest BCUT2D eigenvalue weighted by Gasteiger charge is 2.30. The van der Waals surface area contributed by atoms with Crippen molar-refractivity contribution in [3.05, 3.63) is 28.3 Å². The van der Waals surface area contributed by atoms with Gasteiger partial charge in [0.05, 0.1) is 11.5 Å². The molecule has 21 heavy (non-hydrogen) atoms. The van der Waals surface area contributed by atoms with Gasteiger partial charge in [0.1, 0.15) is 0 Å². The van der Waals surface area contributed by atoms with Crippen molar-refractivity contribution in [2.45, 2.75) is 17.3 Å². The molecule has 0 aliphatic heterocycles. The average molecular weight is 325 g/mol. The van der Waals surface area contributed by atoms with Crippen LogP contribution < -0.4 is 4.74 Å². The highest BCUT2D eigenvalue weighted by molar-refractivity contribution is 8.00. The number of thioether (sulfide) groups is 1. The molecule has 0 aliphatic rings. The van der Waals surface area contributed by atoms with Crippen LogP contribution in [0, 0.1) is 10.1 Å². The molecule has 0 saturated heterocycles. The Balaban J connectivity index is 2.89. The van der Waals surface area contributed by atoms with Crippen LogP contribution in [0.1, 0.15) is 6.92 Å². The van der Waals surface area contributed by atoms with Gasteiger partial charge in [0.15, 0.2) is 12.4 Å². The number of alkyl halides is 3. The van der Waals surface area contributed by atoms with Crippen LogP contribution in [-0.2, 0) is 9.53 Å². The maximum atomic E-state index is 12.2. The summed E-state index contributed by atoms with van der Waals surface area (Å²) in [5.41, 5.74) is -5.21. The molecule has 116 valence electrons. The number of hydrogen-bond acceptors (Lipinski definition) is 6. The molecule has 0 atom stereocenters. The van der Waals surface area contributed by atoms with Gasteiger partial charge in [-0.3, -0.25) is 10.1 Å². The maximum absolute atomic E-state index is 12.2. The van der Waals surface area contributed by atoms with Crippen molar-refractivity contribution in [3.8, 4) is 5.75 Å². The molecule has 1 aromatic carbocycles. The van der Waals surface area contributed by atoms with Crippen LogP contribution in [0.2, 0.25) is 0 Å². The van der Waals surface area contributed by atoms with E-state index >= 15 is 0 Å². The van der Waals surface area contributed by atoms with Crippen molar-refractivity contribution >= 4 is 23.4 Å². The summed E-state index contributed by atoms with van der Waals surface area (Å²) in [6.45, 7) is 1.12. The zero-order valence-electron chi connectivity index (χ0n) is 10.7. The van der Waals surface area contributed by atoms with E-state index in [4.69, 9.17) is 4.74 Å². The minimum absolute atomic E-state index is 0.117. The number of nitrogens with zero attached hydrogens (tertiary/aromatic N) is 1. The van der Waals surface area contributed by atoms with Gasteiger partial charge in [0, 0.05) is 11.0 Å². The number of esters is 1. The number of benzene rings is 1. The zero-order chi connectivity index (χ0) is 16.0. The summed E-state index contributed by atoms with van der Waals surface area (Å²) in [6.07, 6.45) is 0. The number of nitro groups is 1. The molecule has 0 unspecified atom stereocenters. The molecule has 0 saturated carbocycles. The molecule has 0 N–H and O–H groups in total. The lowest BCUT2D eigenvalue weighted by Crippen LogP contribution is -2.15. The Bertz CT molecular complexity index is 535. The molecule has 0 radical (unpaired) electrons. The third kappa shape index (κ3) is 5.90. The van der Waals surface area contributed by atoms with Crippen molar-refractivity contribution in [2.75, 3.05) is 13.2 Å². The first-order chi connectivity index (χ1) is 9.73. The largest absolute Gasteiger partial charge is 0.475 e. The maximum Gasteiger partial charge on any atom is 0.446 e. The summed E-state index contributed by atoms with van der Waals surface area (Å²) < 4.78 is 46.1. The fourth-order valence-electron chi connectivity index (χ4n) is 1.30. The molecule has 10 heteroatoms. The number of carbonyl (C=O) groups excluding carboxylic acids is 1. The monoisotopic (exact) mass is 325 g/mol. The van der Waals surface area contributed by atoms with Crippen molar-refractivity contribution < 1.29 is 32.4 Å². The van der Waals surface area contributed by atoms with E-state index in [9.17, 15) is 28.1 Å². The molecule has 0 bridgehead atoms. The lowest BCUT2D eigenvalue weighted by molar-refractivity contribution is -0.386. The molecule has 0 spiro atoms. The van der Waals surface area contributed by atoms with Crippen molar-refractivity contribution in [1.29, 1.82) is 0 Å². The van der Waals surface area contributed by atoms with Crippen LogP contribution in [0.4, 0.5) is 18.9 Å². The van der Waals surface area contributed by atoms with Gasteiger partial charge in [0.2, 0.25) is 0 Å². The number of carbonyl (C=O) groups is 1. The molecule has 0 amide bonds. The Kier molecular flexibility index (Phi) is 5.82. The van der Waals surface area contributed by atoms with Crippen molar-refractivity contribution in [3.63, 3.8) is 0 Å². The minimum Gasteiger partial charge on any atom is -0.475 e. The van der Waals surface area contributed by atoms with E-state index in [2.05, 4.69) is 4.74 Å². The van der Waals surface area contributed by atoms with Gasteiger partial charge in [-0.1, -0.05) is 0 Å². The Morgan fingerprint density at radius 1 is 1.43 bits per heavy atom. The van der Waals surface area contributed by atoms with Gasteiger partial charge in [-0.2, -0.15) is 13.2 Å². The van der Waals surface area contributed by atoms with Gasteiger partial charge in [-0.05, 0) is 30.8 Å². The van der Waals surface area contributed by atoms with E-state index in [-0.39, 0.29) is 17.3 Å². The summed E-state index contributed by atoms with van der Waals surface area (Å²) in [5.74, 6) is -1.04. The summed E-state index contributed by atoms with van der Waals surface area (Å²) in [4.78, 5) is 20.7. The number of ether oxygens (including phenoxy) is 2. The van der Waals surface area contributed by atoms with E-state index in [0.29, 0.717) is 0 Å². The smallest absolute Gasteiger partial charge is 0.446 e. The summed E-state index contributed by atoms with van der Waals surface area (Å²) in [6, 6.07) is 2.76. The summed E-state index contributed by atoms with van der Waals surface area (Å²) in [5, 5.41) is 10.8. The van der Waals surface area contributed by atoms with Crippen LogP contribution in [0.3, 0.4) is 0 Å². The lowest BCUT2D eigenvalue weighted by atomic mass is 10.3. The first-order valence-corrected chi connectivity index (χ1v) is 6.37. The number of hydrogen-bond donors (Lipinski definition) is 0. The van der Waals surface area contributed by atoms with Crippen molar-refractivity contribution in [2.24, 2.45) is 0 Å². The predicted octanol–water partition coefficient (Wildman–Crippen LogP) is 3.15. The van der Waals surface area contributed by atoms with E-state index in [1.165, 1.54) is 0 Å². The molecule has 0 aliphatic carbocycles. The topological polar surface area (TPSA) is 78.7 Å². The minimum atomic E-state index is -4.55. The standard InChI is InChI=1S/C11H10F3NO5S/c1-2-19-10(16)6-20-9-4-3-7(21-11(12,13)14)5-8(9)15(17)18/h3-5H,2,6H2,1H3. The van der Waals surface area contributed by atoms with Crippen LogP contribution in [0.25, 0.3) is 0 Å². The van der Waals surface area contributed by atoms with Gasteiger partial charge in [-0.25, -0.2) is 4.79 Å². The number of rotatable bonds is 6. The molecule has 6 nitrogen and oxygen atoms in total. The molecule has 0 fully saturated rings. The molecule has 1 rings (SSSR count). The SMILES string of the molecule is CCOC(=O)COc1ccc(SC(F)(F)F)cc1[N+](=O)[O-]. The fourth-order valence-corrected chi connectivity index (χ4v) is 1.87. The second-order valence-corrected chi connectivity index (χ2v) is 4.67. The van der Waals surface area contributed by atoms with E-state index in [1.807, 2.05) is 0 Å².